The molecule has 0 saturated carbocycles. The predicted octanol–water partition coefficient (Wildman–Crippen LogP) is 2.27. The summed E-state index contributed by atoms with van der Waals surface area (Å²) in [6.45, 7) is 3.71. The van der Waals surface area contributed by atoms with Gasteiger partial charge in [0.2, 0.25) is 0 Å². The van der Waals surface area contributed by atoms with Gasteiger partial charge in [0.15, 0.2) is 0 Å². The van der Waals surface area contributed by atoms with E-state index in [9.17, 15) is 0 Å². The van der Waals surface area contributed by atoms with Crippen molar-refractivity contribution in [3.05, 3.63) is 28.8 Å². The van der Waals surface area contributed by atoms with Crippen LogP contribution in [0.1, 0.15) is 12.5 Å². The summed E-state index contributed by atoms with van der Waals surface area (Å²) < 4.78 is 11.0. The van der Waals surface area contributed by atoms with Gasteiger partial charge in [0, 0.05) is 31.6 Å². The summed E-state index contributed by atoms with van der Waals surface area (Å²) in [5.74, 6) is 0.959. The molecule has 1 N–H and O–H groups in total. The molecule has 0 saturated heterocycles. The molecule has 2 unspecified atom stereocenters. The summed E-state index contributed by atoms with van der Waals surface area (Å²) in [5, 5.41) is 4.12. The number of nitrogens with one attached hydrogen (secondary N) is 1. The third kappa shape index (κ3) is 3.35. The van der Waals surface area contributed by atoms with Crippen molar-refractivity contribution in [2.45, 2.75) is 25.6 Å². The van der Waals surface area contributed by atoms with E-state index in [1.165, 1.54) is 5.56 Å². The summed E-state index contributed by atoms with van der Waals surface area (Å²) >= 11 is 5.95. The van der Waals surface area contributed by atoms with Gasteiger partial charge >= 0.3 is 0 Å². The van der Waals surface area contributed by atoms with Gasteiger partial charge in [-0.15, -0.1) is 0 Å². The van der Waals surface area contributed by atoms with Crippen molar-refractivity contribution in [1.29, 1.82) is 0 Å². The molecule has 0 aliphatic carbocycles. The molecule has 1 aromatic rings. The molecule has 4 heteroatoms. The van der Waals surface area contributed by atoms with Crippen molar-refractivity contribution in [1.82, 2.24) is 5.32 Å². The van der Waals surface area contributed by atoms with Gasteiger partial charge in [0.25, 0.3) is 0 Å². The standard InChI is InChI=1S/C13H18ClNO2/c1-9(16-2)7-15-8-12-6-10-5-11(14)3-4-13(10)17-12/h3-5,9,12,15H,6-8H2,1-2H3. The Kier molecular flexibility index (Phi) is 4.26. The molecule has 0 amide bonds. The van der Waals surface area contributed by atoms with Crippen LogP contribution >= 0.6 is 11.6 Å². The minimum absolute atomic E-state index is 0.201. The Bertz CT molecular complexity index is 384. The van der Waals surface area contributed by atoms with E-state index in [1.54, 1.807) is 7.11 Å². The summed E-state index contributed by atoms with van der Waals surface area (Å²) in [6, 6.07) is 5.79. The fourth-order valence-corrected chi connectivity index (χ4v) is 2.13. The molecule has 1 heterocycles. The first-order valence-electron chi connectivity index (χ1n) is 5.87. The molecule has 0 bridgehead atoms. The maximum absolute atomic E-state index is 5.95. The molecule has 0 fully saturated rings. The lowest BCUT2D eigenvalue weighted by Crippen LogP contribution is -2.34. The molecule has 1 aliphatic rings. The van der Waals surface area contributed by atoms with Crippen LogP contribution in [0.2, 0.25) is 5.02 Å². The van der Waals surface area contributed by atoms with Gasteiger partial charge in [-0.1, -0.05) is 11.6 Å². The number of rotatable bonds is 5. The van der Waals surface area contributed by atoms with Crippen molar-refractivity contribution in [3.8, 4) is 5.75 Å². The van der Waals surface area contributed by atoms with Crippen molar-refractivity contribution < 1.29 is 9.47 Å². The molecule has 0 aromatic heterocycles. The highest BCUT2D eigenvalue weighted by atomic mass is 35.5. The van der Waals surface area contributed by atoms with Crippen LogP contribution in [0.5, 0.6) is 5.75 Å². The second kappa shape index (κ2) is 5.71. The zero-order valence-electron chi connectivity index (χ0n) is 10.2. The molecule has 2 atom stereocenters. The first-order valence-corrected chi connectivity index (χ1v) is 6.25. The smallest absolute Gasteiger partial charge is 0.123 e. The second-order valence-corrected chi connectivity index (χ2v) is 4.84. The van der Waals surface area contributed by atoms with E-state index < -0.39 is 0 Å². The van der Waals surface area contributed by atoms with Gasteiger partial charge in [-0.05, 0) is 30.7 Å². The Morgan fingerprint density at radius 2 is 2.41 bits per heavy atom. The van der Waals surface area contributed by atoms with Crippen LogP contribution in [0.25, 0.3) is 0 Å². The van der Waals surface area contributed by atoms with E-state index >= 15 is 0 Å². The van der Waals surface area contributed by atoms with Crippen LogP contribution in [0.4, 0.5) is 0 Å². The van der Waals surface area contributed by atoms with Crippen LogP contribution in [-0.2, 0) is 11.2 Å². The molecule has 0 spiro atoms. The predicted molar refractivity (Wildman–Crippen MR) is 68.9 cm³/mol. The number of methoxy groups -OCH3 is 1. The number of ether oxygens (including phenoxy) is 2. The maximum Gasteiger partial charge on any atom is 0.123 e. The fourth-order valence-electron chi connectivity index (χ4n) is 1.93. The normalized spacial score (nSPS) is 19.8. The van der Waals surface area contributed by atoms with Crippen molar-refractivity contribution in [3.63, 3.8) is 0 Å². The molecular formula is C13H18ClNO2. The molecule has 1 aromatic carbocycles. The number of fused-ring (bicyclic) bond motifs is 1. The van der Waals surface area contributed by atoms with Gasteiger partial charge in [0.05, 0.1) is 6.10 Å². The molecule has 0 radical (unpaired) electrons. The summed E-state index contributed by atoms with van der Waals surface area (Å²) in [7, 11) is 1.72. The van der Waals surface area contributed by atoms with Crippen LogP contribution < -0.4 is 10.1 Å². The highest BCUT2D eigenvalue weighted by Gasteiger charge is 2.22. The molecule has 17 heavy (non-hydrogen) atoms. The Morgan fingerprint density at radius 3 is 3.18 bits per heavy atom. The second-order valence-electron chi connectivity index (χ2n) is 4.40. The minimum atomic E-state index is 0.201. The lowest BCUT2D eigenvalue weighted by molar-refractivity contribution is 0.113. The zero-order chi connectivity index (χ0) is 12.3. The average Bonchev–Trinajstić information content (AvgIpc) is 2.70. The molecule has 2 rings (SSSR count). The van der Waals surface area contributed by atoms with Crippen LogP contribution in [0, 0.1) is 0 Å². The largest absolute Gasteiger partial charge is 0.488 e. The van der Waals surface area contributed by atoms with E-state index in [-0.39, 0.29) is 12.2 Å². The van der Waals surface area contributed by atoms with Gasteiger partial charge in [-0.25, -0.2) is 0 Å². The number of hydrogen-bond acceptors (Lipinski definition) is 3. The number of hydrogen-bond donors (Lipinski definition) is 1. The molecular weight excluding hydrogens is 238 g/mol. The number of benzene rings is 1. The Balaban J connectivity index is 1.80. The third-order valence-electron chi connectivity index (χ3n) is 2.97. The first-order chi connectivity index (χ1) is 8.19. The van der Waals surface area contributed by atoms with Gasteiger partial charge in [-0.2, -0.15) is 0 Å². The summed E-state index contributed by atoms with van der Waals surface area (Å²) in [6.07, 6.45) is 1.35. The lowest BCUT2D eigenvalue weighted by Gasteiger charge is -2.14. The SMILES string of the molecule is COC(C)CNCC1Cc2cc(Cl)ccc2O1. The van der Waals surface area contributed by atoms with E-state index in [0.29, 0.717) is 0 Å². The van der Waals surface area contributed by atoms with E-state index in [1.807, 2.05) is 25.1 Å². The van der Waals surface area contributed by atoms with Gasteiger partial charge in [-0.3, -0.25) is 0 Å². The first kappa shape index (κ1) is 12.7. The van der Waals surface area contributed by atoms with E-state index in [2.05, 4.69) is 5.32 Å². The van der Waals surface area contributed by atoms with Crippen molar-refractivity contribution in [2.24, 2.45) is 0 Å². The van der Waals surface area contributed by atoms with Crippen molar-refractivity contribution in [2.75, 3.05) is 20.2 Å². The zero-order valence-corrected chi connectivity index (χ0v) is 11.0. The Hall–Kier alpha value is -0.770. The third-order valence-corrected chi connectivity index (χ3v) is 3.21. The average molecular weight is 256 g/mol. The highest BCUT2D eigenvalue weighted by molar-refractivity contribution is 6.30. The Morgan fingerprint density at radius 1 is 1.59 bits per heavy atom. The monoisotopic (exact) mass is 255 g/mol. The van der Waals surface area contributed by atoms with Gasteiger partial charge in [0.1, 0.15) is 11.9 Å². The minimum Gasteiger partial charge on any atom is -0.488 e. The van der Waals surface area contributed by atoms with E-state index in [0.717, 1.165) is 30.3 Å². The van der Waals surface area contributed by atoms with Crippen molar-refractivity contribution >= 4 is 11.6 Å². The van der Waals surface area contributed by atoms with Crippen LogP contribution in [0.15, 0.2) is 18.2 Å². The quantitative estimate of drug-likeness (QED) is 0.876. The number of halogens is 1. The Labute approximate surface area is 107 Å². The topological polar surface area (TPSA) is 30.5 Å². The van der Waals surface area contributed by atoms with Gasteiger partial charge < -0.3 is 14.8 Å². The summed E-state index contributed by atoms with van der Waals surface area (Å²) in [4.78, 5) is 0. The van der Waals surface area contributed by atoms with Crippen LogP contribution in [0.3, 0.4) is 0 Å². The maximum atomic E-state index is 5.95. The van der Waals surface area contributed by atoms with Crippen LogP contribution in [-0.4, -0.2) is 32.4 Å². The molecule has 3 nitrogen and oxygen atoms in total. The fraction of sp³-hybridized carbons (Fsp3) is 0.538. The lowest BCUT2D eigenvalue weighted by atomic mass is 10.1. The molecule has 1 aliphatic heterocycles. The molecule has 94 valence electrons. The van der Waals surface area contributed by atoms with E-state index in [4.69, 9.17) is 21.1 Å². The highest BCUT2D eigenvalue weighted by Crippen LogP contribution is 2.30. The summed E-state index contributed by atoms with van der Waals surface area (Å²) in [5.41, 5.74) is 1.20.